The lowest BCUT2D eigenvalue weighted by atomic mass is 10.1. The van der Waals surface area contributed by atoms with E-state index in [2.05, 4.69) is 0 Å². The van der Waals surface area contributed by atoms with Crippen LogP contribution in [0.4, 0.5) is 11.4 Å². The first-order valence-corrected chi connectivity index (χ1v) is 3.78. The lowest BCUT2D eigenvalue weighted by Gasteiger charge is -2.09. The van der Waals surface area contributed by atoms with Crippen LogP contribution >= 0.6 is 0 Å². The van der Waals surface area contributed by atoms with Crippen molar-refractivity contribution in [2.24, 2.45) is 0 Å². The first-order valence-electron chi connectivity index (χ1n) is 3.78. The highest BCUT2D eigenvalue weighted by molar-refractivity contribution is 5.69. The van der Waals surface area contributed by atoms with Crippen molar-refractivity contribution in [3.63, 3.8) is 0 Å². The fraction of sp³-hybridized carbons (Fsp3) is 0.222. The summed E-state index contributed by atoms with van der Waals surface area (Å²) in [5.74, 6) is 0.555. The normalized spacial score (nSPS) is 9.23. The molecule has 4 heteroatoms. The average molecular weight is 177 g/mol. The first-order chi connectivity index (χ1) is 6.20. The molecule has 0 aliphatic rings. The number of rotatable bonds is 2. The van der Waals surface area contributed by atoms with Crippen molar-refractivity contribution in [3.05, 3.63) is 17.7 Å². The summed E-state index contributed by atoms with van der Waals surface area (Å²) in [5.41, 5.74) is 13.0. The van der Waals surface area contributed by atoms with E-state index in [0.717, 1.165) is 0 Å². The number of hydrogen-bond acceptors (Lipinski definition) is 4. The lowest BCUT2D eigenvalue weighted by Crippen LogP contribution is -2.01. The molecule has 0 aliphatic heterocycles. The number of nitrogens with two attached hydrogens (primary N) is 2. The molecule has 0 saturated carbocycles. The molecule has 0 fully saturated rings. The number of ether oxygens (including phenoxy) is 1. The second-order valence-corrected chi connectivity index (χ2v) is 2.58. The van der Waals surface area contributed by atoms with Gasteiger partial charge in [0.25, 0.3) is 0 Å². The molecule has 68 valence electrons. The third kappa shape index (κ3) is 1.64. The smallest absolute Gasteiger partial charge is 0.142 e. The van der Waals surface area contributed by atoms with Gasteiger partial charge in [-0.1, -0.05) is 0 Å². The van der Waals surface area contributed by atoms with Crippen LogP contribution in [-0.2, 0) is 6.42 Å². The zero-order chi connectivity index (χ0) is 9.84. The Balaban J connectivity index is 3.23. The average Bonchev–Trinajstić information content (AvgIpc) is 2.12. The summed E-state index contributed by atoms with van der Waals surface area (Å²) in [4.78, 5) is 0. The maximum Gasteiger partial charge on any atom is 0.142 e. The van der Waals surface area contributed by atoms with Gasteiger partial charge < -0.3 is 16.2 Å². The molecule has 4 N–H and O–H groups in total. The molecule has 0 heterocycles. The van der Waals surface area contributed by atoms with E-state index in [4.69, 9.17) is 21.5 Å². The van der Waals surface area contributed by atoms with Gasteiger partial charge in [-0.15, -0.1) is 0 Å². The largest absolute Gasteiger partial charge is 0.495 e. The number of nitrogen functional groups attached to an aromatic ring is 2. The number of benzene rings is 1. The quantitative estimate of drug-likeness (QED) is 0.658. The molecule has 0 radical (unpaired) electrons. The molecule has 0 spiro atoms. The van der Waals surface area contributed by atoms with Gasteiger partial charge in [-0.25, -0.2) is 0 Å². The maximum atomic E-state index is 8.53. The van der Waals surface area contributed by atoms with Gasteiger partial charge in [0, 0.05) is 11.3 Å². The molecule has 0 bridgehead atoms. The van der Waals surface area contributed by atoms with Crippen LogP contribution in [0.25, 0.3) is 0 Å². The number of methoxy groups -OCH3 is 1. The Morgan fingerprint density at radius 1 is 1.46 bits per heavy atom. The summed E-state index contributed by atoms with van der Waals surface area (Å²) >= 11 is 0. The minimum absolute atomic E-state index is 0.203. The molecule has 0 saturated heterocycles. The minimum atomic E-state index is 0.203. The number of anilines is 2. The summed E-state index contributed by atoms with van der Waals surface area (Å²) in [6.07, 6.45) is 0.203. The molecule has 1 aromatic carbocycles. The van der Waals surface area contributed by atoms with Gasteiger partial charge in [0.15, 0.2) is 0 Å². The van der Waals surface area contributed by atoms with Gasteiger partial charge in [0.1, 0.15) is 5.75 Å². The van der Waals surface area contributed by atoms with Crippen LogP contribution in [-0.4, -0.2) is 7.11 Å². The highest BCUT2D eigenvalue weighted by Crippen LogP contribution is 2.29. The third-order valence-electron chi connectivity index (χ3n) is 1.83. The van der Waals surface area contributed by atoms with Crippen molar-refractivity contribution in [2.45, 2.75) is 6.42 Å². The molecular weight excluding hydrogens is 166 g/mol. The zero-order valence-electron chi connectivity index (χ0n) is 7.37. The highest BCUT2D eigenvalue weighted by atomic mass is 16.5. The number of hydrogen-bond donors (Lipinski definition) is 2. The predicted molar refractivity (Wildman–Crippen MR) is 51.1 cm³/mol. The molecule has 0 amide bonds. The number of nitriles is 1. The zero-order valence-corrected chi connectivity index (χ0v) is 7.37. The summed E-state index contributed by atoms with van der Waals surface area (Å²) < 4.78 is 5.00. The minimum Gasteiger partial charge on any atom is -0.495 e. The Bertz CT molecular complexity index is 355. The second kappa shape index (κ2) is 3.68. The molecule has 0 unspecified atom stereocenters. The number of nitrogens with zero attached hydrogens (tertiary/aromatic N) is 1. The molecule has 13 heavy (non-hydrogen) atoms. The van der Waals surface area contributed by atoms with Crippen molar-refractivity contribution >= 4 is 11.4 Å². The fourth-order valence-corrected chi connectivity index (χ4v) is 1.11. The predicted octanol–water partition coefficient (Wildman–Crippen LogP) is 0.926. The standard InChI is InChI=1S/C9H11N3O/c1-13-8-3-2-7(11)6(4-5-10)9(8)12/h2-3H,4,11-12H2,1H3. The highest BCUT2D eigenvalue weighted by Gasteiger charge is 2.08. The third-order valence-corrected chi connectivity index (χ3v) is 1.83. The van der Waals surface area contributed by atoms with Crippen LogP contribution in [0.2, 0.25) is 0 Å². The van der Waals surface area contributed by atoms with Crippen LogP contribution < -0.4 is 16.2 Å². The molecule has 1 aromatic rings. The van der Waals surface area contributed by atoms with E-state index < -0.39 is 0 Å². The van der Waals surface area contributed by atoms with E-state index >= 15 is 0 Å². The van der Waals surface area contributed by atoms with Gasteiger partial charge in [-0.05, 0) is 12.1 Å². The van der Waals surface area contributed by atoms with Gasteiger partial charge in [0.2, 0.25) is 0 Å². The van der Waals surface area contributed by atoms with E-state index in [1.54, 1.807) is 12.1 Å². The molecule has 0 atom stereocenters. The van der Waals surface area contributed by atoms with Crippen molar-refractivity contribution < 1.29 is 4.74 Å². The summed E-state index contributed by atoms with van der Waals surface area (Å²) in [6.45, 7) is 0. The summed E-state index contributed by atoms with van der Waals surface area (Å²) in [6, 6.07) is 5.37. The van der Waals surface area contributed by atoms with E-state index in [9.17, 15) is 0 Å². The monoisotopic (exact) mass is 177 g/mol. The summed E-state index contributed by atoms with van der Waals surface area (Å²) in [5, 5.41) is 8.53. The Hall–Kier alpha value is -1.89. The van der Waals surface area contributed by atoms with E-state index in [1.807, 2.05) is 6.07 Å². The molecule has 4 nitrogen and oxygen atoms in total. The van der Waals surface area contributed by atoms with Crippen molar-refractivity contribution in [2.75, 3.05) is 18.6 Å². The van der Waals surface area contributed by atoms with Gasteiger partial charge in [-0.3, -0.25) is 0 Å². The molecule has 0 aliphatic carbocycles. The van der Waals surface area contributed by atoms with Crippen molar-refractivity contribution in [1.29, 1.82) is 5.26 Å². The topological polar surface area (TPSA) is 85.1 Å². The molecular formula is C9H11N3O. The Kier molecular flexibility index (Phi) is 2.60. The Labute approximate surface area is 76.7 Å². The Morgan fingerprint density at radius 2 is 2.15 bits per heavy atom. The summed E-state index contributed by atoms with van der Waals surface area (Å²) in [7, 11) is 1.53. The van der Waals surface area contributed by atoms with E-state index in [-0.39, 0.29) is 6.42 Å². The van der Waals surface area contributed by atoms with Crippen molar-refractivity contribution in [1.82, 2.24) is 0 Å². The van der Waals surface area contributed by atoms with Gasteiger partial charge in [-0.2, -0.15) is 5.26 Å². The van der Waals surface area contributed by atoms with Crippen LogP contribution in [0.15, 0.2) is 12.1 Å². The fourth-order valence-electron chi connectivity index (χ4n) is 1.11. The van der Waals surface area contributed by atoms with Gasteiger partial charge >= 0.3 is 0 Å². The van der Waals surface area contributed by atoms with Crippen LogP contribution in [0.5, 0.6) is 5.75 Å². The van der Waals surface area contributed by atoms with Crippen LogP contribution in [0.3, 0.4) is 0 Å². The van der Waals surface area contributed by atoms with E-state index in [1.165, 1.54) is 7.11 Å². The van der Waals surface area contributed by atoms with Crippen LogP contribution in [0, 0.1) is 11.3 Å². The maximum absolute atomic E-state index is 8.53. The SMILES string of the molecule is COc1ccc(N)c(CC#N)c1N. The molecule has 1 rings (SSSR count). The van der Waals surface area contributed by atoms with Crippen LogP contribution in [0.1, 0.15) is 5.56 Å². The van der Waals surface area contributed by atoms with E-state index in [0.29, 0.717) is 22.7 Å². The Morgan fingerprint density at radius 3 is 2.69 bits per heavy atom. The van der Waals surface area contributed by atoms with Crippen molar-refractivity contribution in [3.8, 4) is 11.8 Å². The second-order valence-electron chi connectivity index (χ2n) is 2.58. The van der Waals surface area contributed by atoms with Gasteiger partial charge in [0.05, 0.1) is 25.3 Å². The first kappa shape index (κ1) is 9.20. The lowest BCUT2D eigenvalue weighted by molar-refractivity contribution is 0.416. The molecule has 0 aromatic heterocycles.